The predicted molar refractivity (Wildman–Crippen MR) is 93.6 cm³/mol. The molecular weight excluding hydrogens is 397 g/mol. The predicted octanol–water partition coefficient (Wildman–Crippen LogP) is 4.61. The van der Waals surface area contributed by atoms with Gasteiger partial charge < -0.3 is 14.7 Å². The van der Waals surface area contributed by atoms with Crippen molar-refractivity contribution >= 4 is 6.09 Å². The summed E-state index contributed by atoms with van der Waals surface area (Å²) in [5, 5.41) is 11.0. The average molecular weight is 421 g/mol. The number of hydrogen-bond acceptors (Lipinski definition) is 3. The zero-order chi connectivity index (χ0) is 21.7. The number of halogens is 5. The number of amides is 1. The van der Waals surface area contributed by atoms with Crippen LogP contribution in [-0.4, -0.2) is 39.4 Å². The molecule has 0 aromatic heterocycles. The van der Waals surface area contributed by atoms with Gasteiger partial charge in [-0.2, -0.15) is 0 Å². The third kappa shape index (κ3) is 4.20. The highest BCUT2D eigenvalue weighted by molar-refractivity contribution is 5.69. The van der Waals surface area contributed by atoms with Crippen molar-refractivity contribution in [3.05, 3.63) is 34.6 Å². The van der Waals surface area contributed by atoms with Crippen molar-refractivity contribution in [1.29, 1.82) is 0 Å². The van der Waals surface area contributed by atoms with Crippen LogP contribution in [0.1, 0.15) is 58.4 Å². The monoisotopic (exact) mass is 421 g/mol. The molecule has 2 saturated heterocycles. The maximum atomic E-state index is 14.1. The number of ether oxygens (including phenoxy) is 1. The van der Waals surface area contributed by atoms with Crippen LogP contribution in [-0.2, 0) is 11.2 Å². The van der Waals surface area contributed by atoms with Gasteiger partial charge in [-0.05, 0) is 52.9 Å². The van der Waals surface area contributed by atoms with E-state index in [1.165, 1.54) is 0 Å². The van der Waals surface area contributed by atoms with Crippen molar-refractivity contribution in [2.24, 2.45) is 0 Å². The van der Waals surface area contributed by atoms with Gasteiger partial charge in [0, 0.05) is 24.1 Å². The van der Waals surface area contributed by atoms with E-state index >= 15 is 0 Å². The Bertz CT molecular complexity index is 780. The van der Waals surface area contributed by atoms with Crippen LogP contribution < -0.4 is 0 Å². The van der Waals surface area contributed by atoms with Crippen molar-refractivity contribution in [3.63, 3.8) is 0 Å². The van der Waals surface area contributed by atoms with Gasteiger partial charge in [0.25, 0.3) is 0 Å². The molecule has 2 aliphatic heterocycles. The van der Waals surface area contributed by atoms with Crippen molar-refractivity contribution in [2.45, 2.75) is 82.6 Å². The molecule has 0 radical (unpaired) electrons. The quantitative estimate of drug-likeness (QED) is 0.431. The van der Waals surface area contributed by atoms with Crippen LogP contribution in [0.3, 0.4) is 0 Å². The van der Waals surface area contributed by atoms with Crippen molar-refractivity contribution in [2.75, 3.05) is 0 Å². The molecule has 0 spiro atoms. The second-order valence-corrected chi connectivity index (χ2v) is 8.98. The third-order valence-corrected chi connectivity index (χ3v) is 5.50. The summed E-state index contributed by atoms with van der Waals surface area (Å²) >= 11 is 0. The van der Waals surface area contributed by atoms with Crippen LogP contribution in [0.15, 0.2) is 0 Å². The first-order chi connectivity index (χ1) is 13.3. The summed E-state index contributed by atoms with van der Waals surface area (Å²) in [6.45, 7) is 5.18. The van der Waals surface area contributed by atoms with Gasteiger partial charge in [0.2, 0.25) is 5.82 Å². The summed E-state index contributed by atoms with van der Waals surface area (Å²) in [5.74, 6) is -10.2. The van der Waals surface area contributed by atoms with Crippen LogP contribution in [0, 0.1) is 29.1 Å². The molecule has 2 fully saturated rings. The zero-order valence-corrected chi connectivity index (χ0v) is 16.5. The van der Waals surface area contributed by atoms with Crippen molar-refractivity contribution in [1.82, 2.24) is 4.90 Å². The van der Waals surface area contributed by atoms with E-state index < -0.39 is 70.4 Å². The molecule has 1 N–H and O–H groups in total. The molecule has 4 nitrogen and oxygen atoms in total. The second-order valence-electron chi connectivity index (χ2n) is 8.98. The SMILES string of the molecule is CC(C)(C)OC(=O)N1C2CCCC1CC(O)(Cc1c(F)c(F)c(F)c(F)c1F)C2. The van der Waals surface area contributed by atoms with E-state index in [-0.39, 0.29) is 12.8 Å². The largest absolute Gasteiger partial charge is 0.444 e. The molecule has 3 rings (SSSR count). The lowest BCUT2D eigenvalue weighted by Gasteiger charge is -2.51. The van der Waals surface area contributed by atoms with E-state index in [4.69, 9.17) is 4.74 Å². The summed E-state index contributed by atoms with van der Waals surface area (Å²) in [5.41, 5.74) is -3.45. The summed E-state index contributed by atoms with van der Waals surface area (Å²) in [6, 6.07) is -0.882. The normalized spacial score (nSPS) is 27.1. The lowest BCUT2D eigenvalue weighted by molar-refractivity contribution is -0.0926. The molecule has 1 amide bonds. The lowest BCUT2D eigenvalue weighted by Crippen LogP contribution is -2.61. The van der Waals surface area contributed by atoms with Crippen molar-refractivity contribution < 1.29 is 36.6 Å². The van der Waals surface area contributed by atoms with E-state index in [0.717, 1.165) is 6.42 Å². The zero-order valence-electron chi connectivity index (χ0n) is 16.5. The van der Waals surface area contributed by atoms with Crippen LogP contribution in [0.2, 0.25) is 0 Å². The molecule has 162 valence electrons. The second kappa shape index (κ2) is 7.41. The summed E-state index contributed by atoms with van der Waals surface area (Å²) in [7, 11) is 0. The molecule has 2 bridgehead atoms. The van der Waals surface area contributed by atoms with Crippen LogP contribution in [0.5, 0.6) is 0 Å². The van der Waals surface area contributed by atoms with Crippen LogP contribution in [0.4, 0.5) is 26.7 Å². The highest BCUT2D eigenvalue weighted by Gasteiger charge is 2.49. The average Bonchev–Trinajstić information content (AvgIpc) is 2.60. The van der Waals surface area contributed by atoms with Gasteiger partial charge in [-0.3, -0.25) is 0 Å². The standard InChI is InChI=1S/C20H24F5NO3/c1-19(2,3)29-18(27)26-10-5-4-6-11(26)8-20(28,7-10)9-12-13(21)15(23)17(25)16(24)14(12)22/h10-11,28H,4-9H2,1-3H3. The fraction of sp³-hybridized carbons (Fsp3) is 0.650. The molecule has 29 heavy (non-hydrogen) atoms. The minimum atomic E-state index is -2.23. The minimum absolute atomic E-state index is 0.0394. The molecule has 2 unspecified atom stereocenters. The number of piperidine rings is 2. The first-order valence-corrected chi connectivity index (χ1v) is 9.57. The Kier molecular flexibility index (Phi) is 5.57. The Hall–Kier alpha value is -1.90. The Balaban J connectivity index is 1.87. The molecule has 2 heterocycles. The van der Waals surface area contributed by atoms with E-state index in [1.807, 2.05) is 0 Å². The summed E-state index contributed by atoms with van der Waals surface area (Å²) < 4.78 is 73.9. The molecule has 0 saturated carbocycles. The molecule has 2 aliphatic rings. The van der Waals surface area contributed by atoms with Gasteiger partial charge >= 0.3 is 6.09 Å². The van der Waals surface area contributed by atoms with E-state index in [0.29, 0.717) is 12.8 Å². The van der Waals surface area contributed by atoms with Crippen molar-refractivity contribution in [3.8, 4) is 0 Å². The van der Waals surface area contributed by atoms with Gasteiger partial charge in [-0.25, -0.2) is 26.7 Å². The maximum absolute atomic E-state index is 14.1. The van der Waals surface area contributed by atoms with E-state index in [2.05, 4.69) is 0 Å². The Morgan fingerprint density at radius 1 is 1.00 bits per heavy atom. The van der Waals surface area contributed by atoms with Gasteiger partial charge in [0.15, 0.2) is 23.3 Å². The number of nitrogens with zero attached hydrogens (tertiary/aromatic N) is 1. The highest BCUT2D eigenvalue weighted by Crippen LogP contribution is 2.42. The molecular formula is C20H24F5NO3. The fourth-order valence-corrected chi connectivity index (χ4v) is 4.42. The van der Waals surface area contributed by atoms with E-state index in [9.17, 15) is 31.9 Å². The fourth-order valence-electron chi connectivity index (χ4n) is 4.42. The molecule has 0 aliphatic carbocycles. The Morgan fingerprint density at radius 2 is 1.45 bits per heavy atom. The van der Waals surface area contributed by atoms with E-state index in [1.54, 1.807) is 25.7 Å². The Labute approximate surface area is 165 Å². The Morgan fingerprint density at radius 3 is 1.90 bits per heavy atom. The van der Waals surface area contributed by atoms with Gasteiger partial charge in [0.05, 0.1) is 5.60 Å². The molecule has 2 atom stereocenters. The first-order valence-electron chi connectivity index (χ1n) is 9.57. The lowest BCUT2D eigenvalue weighted by atomic mass is 9.73. The third-order valence-electron chi connectivity index (χ3n) is 5.50. The van der Waals surface area contributed by atoms with Gasteiger partial charge in [0.1, 0.15) is 5.60 Å². The molecule has 9 heteroatoms. The number of benzene rings is 1. The van der Waals surface area contributed by atoms with Gasteiger partial charge in [-0.15, -0.1) is 0 Å². The first kappa shape index (κ1) is 21.8. The van der Waals surface area contributed by atoms with Crippen LogP contribution in [0.25, 0.3) is 0 Å². The highest BCUT2D eigenvalue weighted by atomic mass is 19.2. The number of fused-ring (bicyclic) bond motifs is 2. The number of carbonyl (C=O) groups excluding carboxylic acids is 1. The summed E-state index contributed by atoms with van der Waals surface area (Å²) in [6.07, 6.45) is 0.557. The number of rotatable bonds is 2. The van der Waals surface area contributed by atoms with Gasteiger partial charge in [-0.1, -0.05) is 0 Å². The smallest absolute Gasteiger partial charge is 0.410 e. The number of aliphatic hydroxyl groups is 1. The maximum Gasteiger partial charge on any atom is 0.410 e. The topological polar surface area (TPSA) is 49.8 Å². The minimum Gasteiger partial charge on any atom is -0.444 e. The summed E-state index contributed by atoms with van der Waals surface area (Å²) in [4.78, 5) is 14.1. The molecule has 1 aromatic rings. The molecule has 1 aromatic carbocycles. The number of hydrogen-bond donors (Lipinski definition) is 1. The number of carbonyl (C=O) groups is 1. The van der Waals surface area contributed by atoms with Crippen LogP contribution >= 0.6 is 0 Å².